The number of hydrogen-bond acceptors (Lipinski definition) is 6. The Kier molecular flexibility index (Phi) is 6.55. The highest BCUT2D eigenvalue weighted by Gasteiger charge is 2.17. The fraction of sp³-hybridized carbons (Fsp3) is 0.318. The monoisotopic (exact) mass is 534 g/mol. The lowest BCUT2D eigenvalue weighted by molar-refractivity contribution is 0.0858. The molecule has 0 atom stereocenters. The quantitative estimate of drug-likeness (QED) is 0.177. The molecular formula is C22H24BrFN4O4Si. The lowest BCUT2D eigenvalue weighted by atomic mass is 10.1. The standard InChI is InChI=1S/C22H24BrFN4O4Si/c1-13-5-6-14(9-15(13)21-26-22(29)32-27-21)31-19-11-17-18(10-16(24)20(23)25-17)28(19)12-30-7-8-33(2,3)4/h5-6,9-11H,7-8,12H2,1-4H3,(H,26,27,29). The molecule has 0 amide bonds. The zero-order valence-corrected chi connectivity index (χ0v) is 21.3. The number of nitrogens with zero attached hydrogens (tertiary/aromatic N) is 3. The van der Waals surface area contributed by atoms with Crippen LogP contribution in [0.2, 0.25) is 25.7 Å². The fourth-order valence-corrected chi connectivity index (χ4v) is 4.31. The van der Waals surface area contributed by atoms with E-state index in [0.717, 1.165) is 11.6 Å². The van der Waals surface area contributed by atoms with Crippen molar-refractivity contribution in [3.05, 3.63) is 56.9 Å². The zero-order valence-electron chi connectivity index (χ0n) is 18.7. The van der Waals surface area contributed by atoms with E-state index in [1.807, 2.05) is 13.0 Å². The maximum Gasteiger partial charge on any atom is 0.439 e. The van der Waals surface area contributed by atoms with E-state index in [1.54, 1.807) is 22.8 Å². The maximum absolute atomic E-state index is 14.3. The van der Waals surface area contributed by atoms with Crippen LogP contribution in [0.3, 0.4) is 0 Å². The van der Waals surface area contributed by atoms with Gasteiger partial charge in [0.25, 0.3) is 0 Å². The number of fused-ring (bicyclic) bond motifs is 1. The van der Waals surface area contributed by atoms with Crippen molar-refractivity contribution in [1.82, 2.24) is 19.7 Å². The third kappa shape index (κ3) is 5.42. The molecule has 0 aliphatic rings. The summed E-state index contributed by atoms with van der Waals surface area (Å²) in [7, 11) is -1.25. The second-order valence-electron chi connectivity index (χ2n) is 8.95. The summed E-state index contributed by atoms with van der Waals surface area (Å²) in [6.45, 7) is 9.54. The summed E-state index contributed by atoms with van der Waals surface area (Å²) in [6, 6.07) is 9.55. The molecule has 0 fully saturated rings. The Hall–Kier alpha value is -2.76. The predicted octanol–water partition coefficient (Wildman–Crippen LogP) is 5.69. The van der Waals surface area contributed by atoms with Crippen LogP contribution in [0.15, 0.2) is 44.3 Å². The van der Waals surface area contributed by atoms with E-state index in [2.05, 4.69) is 55.2 Å². The SMILES string of the molecule is Cc1ccc(Oc2cc3nc(Br)c(F)cc3n2COCC[Si](C)(C)C)cc1-c1noc(=O)[nH]1. The number of halogens is 2. The molecule has 33 heavy (non-hydrogen) atoms. The molecule has 4 rings (SSSR count). The van der Waals surface area contributed by atoms with Gasteiger partial charge in [-0.05, 0) is 46.6 Å². The number of nitrogens with one attached hydrogen (secondary N) is 1. The molecule has 0 spiro atoms. The molecule has 0 bridgehead atoms. The lowest BCUT2D eigenvalue weighted by Crippen LogP contribution is -2.22. The molecule has 0 aliphatic heterocycles. The number of H-pyrrole nitrogens is 1. The van der Waals surface area contributed by atoms with Crippen molar-refractivity contribution in [2.45, 2.75) is 39.3 Å². The van der Waals surface area contributed by atoms with Gasteiger partial charge in [-0.25, -0.2) is 14.2 Å². The maximum atomic E-state index is 14.3. The van der Waals surface area contributed by atoms with Gasteiger partial charge in [0.15, 0.2) is 11.6 Å². The van der Waals surface area contributed by atoms with Gasteiger partial charge in [0, 0.05) is 32.4 Å². The van der Waals surface area contributed by atoms with Crippen LogP contribution < -0.4 is 10.5 Å². The third-order valence-corrected chi connectivity index (χ3v) is 7.36. The van der Waals surface area contributed by atoms with Crippen molar-refractivity contribution >= 4 is 35.0 Å². The molecule has 0 saturated carbocycles. The van der Waals surface area contributed by atoms with E-state index in [4.69, 9.17) is 9.47 Å². The number of benzene rings is 1. The van der Waals surface area contributed by atoms with Crippen LogP contribution >= 0.6 is 15.9 Å². The molecule has 3 heterocycles. The van der Waals surface area contributed by atoms with Gasteiger partial charge < -0.3 is 9.47 Å². The van der Waals surface area contributed by atoms with Gasteiger partial charge in [0.05, 0.1) is 11.0 Å². The molecule has 0 unspecified atom stereocenters. The Morgan fingerprint density at radius 2 is 2.03 bits per heavy atom. The summed E-state index contributed by atoms with van der Waals surface area (Å²) in [6.07, 6.45) is 0. The number of pyridine rings is 1. The second kappa shape index (κ2) is 9.24. The lowest BCUT2D eigenvalue weighted by Gasteiger charge is -2.17. The molecule has 0 saturated heterocycles. The number of aromatic amines is 1. The van der Waals surface area contributed by atoms with E-state index >= 15 is 0 Å². The molecule has 174 valence electrons. The van der Waals surface area contributed by atoms with Crippen LogP contribution in [0.1, 0.15) is 5.56 Å². The van der Waals surface area contributed by atoms with Crippen LogP contribution in [0.4, 0.5) is 4.39 Å². The topological polar surface area (TPSA) is 95.2 Å². The first-order chi connectivity index (χ1) is 15.6. The van der Waals surface area contributed by atoms with Crippen molar-refractivity contribution in [1.29, 1.82) is 0 Å². The summed E-state index contributed by atoms with van der Waals surface area (Å²) >= 11 is 3.14. The number of aromatic nitrogens is 4. The minimum absolute atomic E-state index is 0.131. The highest BCUT2D eigenvalue weighted by molar-refractivity contribution is 9.10. The van der Waals surface area contributed by atoms with Crippen molar-refractivity contribution < 1.29 is 18.4 Å². The van der Waals surface area contributed by atoms with Gasteiger partial charge in [0.2, 0.25) is 5.88 Å². The highest BCUT2D eigenvalue weighted by Crippen LogP contribution is 2.33. The first kappa shape index (κ1) is 23.4. The molecule has 4 aromatic rings. The molecule has 1 aromatic carbocycles. The minimum atomic E-state index is -1.25. The normalized spacial score (nSPS) is 11.9. The van der Waals surface area contributed by atoms with E-state index in [0.29, 0.717) is 40.7 Å². The molecule has 8 nitrogen and oxygen atoms in total. The first-order valence-corrected chi connectivity index (χ1v) is 14.9. The van der Waals surface area contributed by atoms with Crippen molar-refractivity contribution in [3.8, 4) is 23.0 Å². The van der Waals surface area contributed by atoms with E-state index in [9.17, 15) is 9.18 Å². The molecule has 11 heteroatoms. The Bertz CT molecular complexity index is 1360. The summed E-state index contributed by atoms with van der Waals surface area (Å²) in [5, 5.41) is 3.76. The van der Waals surface area contributed by atoms with E-state index in [1.165, 1.54) is 6.07 Å². The van der Waals surface area contributed by atoms with Gasteiger partial charge in [-0.15, -0.1) is 0 Å². The van der Waals surface area contributed by atoms with Gasteiger partial charge in [-0.2, -0.15) is 0 Å². The predicted molar refractivity (Wildman–Crippen MR) is 129 cm³/mol. The number of aryl methyl sites for hydroxylation is 1. The van der Waals surface area contributed by atoms with Crippen molar-refractivity contribution in [2.24, 2.45) is 0 Å². The Morgan fingerprint density at radius 3 is 2.73 bits per heavy atom. The van der Waals surface area contributed by atoms with Crippen LogP contribution in [0, 0.1) is 12.7 Å². The average molecular weight is 535 g/mol. The number of hydrogen-bond donors (Lipinski definition) is 1. The van der Waals surface area contributed by atoms with Gasteiger partial charge >= 0.3 is 5.76 Å². The summed E-state index contributed by atoms with van der Waals surface area (Å²) in [5.74, 6) is 0.163. The summed E-state index contributed by atoms with van der Waals surface area (Å²) < 4.78 is 32.8. The van der Waals surface area contributed by atoms with Crippen LogP contribution in [-0.4, -0.2) is 34.4 Å². The van der Waals surface area contributed by atoms with Crippen LogP contribution in [-0.2, 0) is 11.5 Å². The summed E-state index contributed by atoms with van der Waals surface area (Å²) in [4.78, 5) is 18.2. The average Bonchev–Trinajstić information content (AvgIpc) is 3.30. The van der Waals surface area contributed by atoms with Crippen molar-refractivity contribution in [3.63, 3.8) is 0 Å². The smallest absolute Gasteiger partial charge is 0.439 e. The molecule has 3 aromatic heterocycles. The van der Waals surface area contributed by atoms with E-state index < -0.39 is 19.6 Å². The summed E-state index contributed by atoms with van der Waals surface area (Å²) in [5.41, 5.74) is 2.68. The largest absolute Gasteiger partial charge is 0.441 e. The van der Waals surface area contributed by atoms with Crippen LogP contribution in [0.5, 0.6) is 11.6 Å². The second-order valence-corrected chi connectivity index (χ2v) is 15.3. The third-order valence-electron chi connectivity index (χ3n) is 5.10. The fourth-order valence-electron chi connectivity index (χ4n) is 3.24. The molecular weight excluding hydrogens is 511 g/mol. The van der Waals surface area contributed by atoms with E-state index in [-0.39, 0.29) is 11.3 Å². The highest BCUT2D eigenvalue weighted by atomic mass is 79.9. The minimum Gasteiger partial charge on any atom is -0.441 e. The van der Waals surface area contributed by atoms with Gasteiger partial charge in [-0.3, -0.25) is 14.1 Å². The molecule has 0 radical (unpaired) electrons. The van der Waals surface area contributed by atoms with Crippen LogP contribution in [0.25, 0.3) is 22.4 Å². The van der Waals surface area contributed by atoms with Gasteiger partial charge in [-0.1, -0.05) is 30.9 Å². The zero-order chi connectivity index (χ0) is 23.8. The molecule has 1 N–H and O–H groups in total. The van der Waals surface area contributed by atoms with Gasteiger partial charge in [0.1, 0.15) is 17.1 Å². The Labute approximate surface area is 198 Å². The Morgan fingerprint density at radius 1 is 1.24 bits per heavy atom. The first-order valence-electron chi connectivity index (χ1n) is 10.4. The molecule has 0 aliphatic carbocycles. The number of ether oxygens (including phenoxy) is 2. The van der Waals surface area contributed by atoms with Crippen molar-refractivity contribution in [2.75, 3.05) is 6.61 Å². The number of rotatable bonds is 8. The Balaban J connectivity index is 1.67.